The van der Waals surface area contributed by atoms with E-state index >= 15 is 0 Å². The number of hydrogen-bond donors (Lipinski definition) is 3. The predicted molar refractivity (Wildman–Crippen MR) is 92.7 cm³/mol. The lowest BCUT2D eigenvalue weighted by Crippen LogP contribution is -2.47. The molecule has 1 rings (SSSR count). The number of carboxylic acid groups (broad SMARTS) is 1. The summed E-state index contributed by atoms with van der Waals surface area (Å²) in [5.41, 5.74) is -0.767. The van der Waals surface area contributed by atoms with E-state index in [9.17, 15) is 23.1 Å². The number of rotatable bonds is 11. The van der Waals surface area contributed by atoms with Crippen molar-refractivity contribution >= 4 is 21.9 Å². The third-order valence-corrected chi connectivity index (χ3v) is 5.15. The molecule has 0 spiro atoms. The second kappa shape index (κ2) is 9.50. The Bertz CT molecular complexity index is 677. The highest BCUT2D eigenvalue weighted by molar-refractivity contribution is 7.89. The van der Waals surface area contributed by atoms with Crippen LogP contribution >= 0.6 is 0 Å². The number of benzene rings is 1. The minimum atomic E-state index is -3.58. The van der Waals surface area contributed by atoms with Crippen molar-refractivity contribution < 1.29 is 27.9 Å². The first kappa shape index (κ1) is 21.1. The molecule has 0 aliphatic rings. The number of amides is 1. The summed E-state index contributed by atoms with van der Waals surface area (Å²) in [6.45, 7) is 1.21. The van der Waals surface area contributed by atoms with Crippen molar-refractivity contribution in [2.24, 2.45) is 0 Å². The predicted octanol–water partition coefficient (Wildman–Crippen LogP) is 0.101. The molecule has 0 aliphatic heterocycles. The van der Waals surface area contributed by atoms with Crippen molar-refractivity contribution in [3.63, 3.8) is 0 Å². The number of carboxylic acids is 1. The average Bonchev–Trinajstić information content (AvgIpc) is 2.58. The van der Waals surface area contributed by atoms with Crippen LogP contribution in [0.1, 0.15) is 18.9 Å². The van der Waals surface area contributed by atoms with Crippen LogP contribution in [-0.4, -0.2) is 58.0 Å². The molecule has 140 valence electrons. The second-order valence-electron chi connectivity index (χ2n) is 5.77. The van der Waals surface area contributed by atoms with Crippen molar-refractivity contribution in [2.45, 2.75) is 18.8 Å². The molecule has 0 saturated heterocycles. The Kier molecular flexibility index (Phi) is 8.01. The standard InChI is InChI=1S/C16H24N2O6S/c1-16(15(20)21,13-7-4-3-5-8-13)12-17-14(19)11-18-25(22,23)10-6-9-24-2/h3-5,7-8,18H,6,9-12H2,1-2H3,(H,17,19)(H,20,21). The van der Waals surface area contributed by atoms with Crippen LogP contribution in [0.2, 0.25) is 0 Å². The number of hydrogen-bond acceptors (Lipinski definition) is 5. The van der Waals surface area contributed by atoms with E-state index in [0.717, 1.165) is 0 Å². The van der Waals surface area contributed by atoms with Crippen LogP contribution in [0.4, 0.5) is 0 Å². The summed E-state index contributed by atoms with van der Waals surface area (Å²) in [5, 5.41) is 12.0. The first-order valence-corrected chi connectivity index (χ1v) is 9.38. The van der Waals surface area contributed by atoms with E-state index < -0.39 is 33.9 Å². The molecule has 0 saturated carbocycles. The monoisotopic (exact) mass is 372 g/mol. The zero-order valence-corrected chi connectivity index (χ0v) is 15.1. The van der Waals surface area contributed by atoms with Gasteiger partial charge in [-0.05, 0) is 18.9 Å². The maximum atomic E-state index is 11.9. The van der Waals surface area contributed by atoms with Gasteiger partial charge < -0.3 is 15.2 Å². The molecule has 1 atom stereocenters. The van der Waals surface area contributed by atoms with Crippen molar-refractivity contribution in [1.29, 1.82) is 0 Å². The van der Waals surface area contributed by atoms with Crippen LogP contribution in [-0.2, 0) is 29.8 Å². The van der Waals surface area contributed by atoms with Gasteiger partial charge in [0.1, 0.15) is 5.41 Å². The van der Waals surface area contributed by atoms with E-state index in [4.69, 9.17) is 4.74 Å². The molecule has 1 aromatic rings. The molecular formula is C16H24N2O6S. The molecule has 9 heteroatoms. The SMILES string of the molecule is COCCCS(=O)(=O)NCC(=O)NCC(C)(C(=O)O)c1ccccc1. The maximum Gasteiger partial charge on any atom is 0.315 e. The molecule has 0 heterocycles. The van der Waals surface area contributed by atoms with Crippen LogP contribution in [0.5, 0.6) is 0 Å². The number of aliphatic carboxylic acids is 1. The van der Waals surface area contributed by atoms with Gasteiger partial charge in [-0.3, -0.25) is 9.59 Å². The van der Waals surface area contributed by atoms with Crippen LogP contribution in [0, 0.1) is 0 Å². The number of sulfonamides is 1. The second-order valence-corrected chi connectivity index (χ2v) is 7.69. The van der Waals surface area contributed by atoms with Crippen molar-refractivity contribution in [3.05, 3.63) is 35.9 Å². The Labute approximate surface area is 147 Å². The molecule has 25 heavy (non-hydrogen) atoms. The Morgan fingerprint density at radius 2 is 1.88 bits per heavy atom. The molecule has 1 unspecified atom stereocenters. The van der Waals surface area contributed by atoms with Gasteiger partial charge in [0.2, 0.25) is 15.9 Å². The van der Waals surface area contributed by atoms with Gasteiger partial charge in [-0.15, -0.1) is 0 Å². The number of carbonyl (C=O) groups excluding carboxylic acids is 1. The number of ether oxygens (including phenoxy) is 1. The molecule has 1 amide bonds. The minimum Gasteiger partial charge on any atom is -0.481 e. The maximum absolute atomic E-state index is 11.9. The molecule has 0 radical (unpaired) electrons. The zero-order valence-electron chi connectivity index (χ0n) is 14.3. The van der Waals surface area contributed by atoms with E-state index in [1.165, 1.54) is 14.0 Å². The summed E-state index contributed by atoms with van der Waals surface area (Å²) >= 11 is 0. The Morgan fingerprint density at radius 1 is 1.24 bits per heavy atom. The lowest BCUT2D eigenvalue weighted by molar-refractivity contribution is -0.143. The summed E-state index contributed by atoms with van der Waals surface area (Å²) in [4.78, 5) is 23.5. The Morgan fingerprint density at radius 3 is 2.44 bits per heavy atom. The van der Waals surface area contributed by atoms with E-state index in [1.807, 2.05) is 0 Å². The van der Waals surface area contributed by atoms with Gasteiger partial charge in [0, 0.05) is 20.3 Å². The topological polar surface area (TPSA) is 122 Å². The van der Waals surface area contributed by atoms with Gasteiger partial charge in [0.05, 0.1) is 12.3 Å². The summed E-state index contributed by atoms with van der Waals surface area (Å²) in [5.74, 6) is -1.83. The normalized spacial score (nSPS) is 13.8. The van der Waals surface area contributed by atoms with Gasteiger partial charge in [-0.25, -0.2) is 13.1 Å². The summed E-state index contributed by atoms with van der Waals surface area (Å²) in [6, 6.07) is 8.53. The van der Waals surface area contributed by atoms with Crippen LogP contribution in [0.25, 0.3) is 0 Å². The minimum absolute atomic E-state index is 0.148. The first-order chi connectivity index (χ1) is 11.7. The van der Waals surface area contributed by atoms with Crippen LogP contribution in [0.15, 0.2) is 30.3 Å². The Balaban J connectivity index is 2.58. The fourth-order valence-electron chi connectivity index (χ4n) is 2.09. The Hall–Kier alpha value is -1.97. The zero-order chi connectivity index (χ0) is 18.9. The van der Waals surface area contributed by atoms with Crippen LogP contribution in [0.3, 0.4) is 0 Å². The highest BCUT2D eigenvalue weighted by atomic mass is 32.2. The molecule has 3 N–H and O–H groups in total. The van der Waals surface area contributed by atoms with Gasteiger partial charge in [0.15, 0.2) is 0 Å². The van der Waals surface area contributed by atoms with Gasteiger partial charge in [-0.2, -0.15) is 0 Å². The average molecular weight is 372 g/mol. The molecule has 0 fully saturated rings. The molecule has 0 bridgehead atoms. The van der Waals surface area contributed by atoms with Crippen LogP contribution < -0.4 is 10.0 Å². The van der Waals surface area contributed by atoms with E-state index in [-0.39, 0.29) is 12.3 Å². The lowest BCUT2D eigenvalue weighted by Gasteiger charge is -2.25. The smallest absolute Gasteiger partial charge is 0.315 e. The molecule has 1 aromatic carbocycles. The highest BCUT2D eigenvalue weighted by Crippen LogP contribution is 2.23. The van der Waals surface area contributed by atoms with Crippen molar-refractivity contribution in [1.82, 2.24) is 10.0 Å². The quantitative estimate of drug-likeness (QED) is 0.474. The highest BCUT2D eigenvalue weighted by Gasteiger charge is 2.35. The van der Waals surface area contributed by atoms with E-state index in [1.54, 1.807) is 30.3 Å². The first-order valence-electron chi connectivity index (χ1n) is 7.73. The van der Waals surface area contributed by atoms with E-state index in [2.05, 4.69) is 10.0 Å². The number of nitrogens with one attached hydrogen (secondary N) is 2. The molecule has 8 nitrogen and oxygen atoms in total. The van der Waals surface area contributed by atoms with Crippen molar-refractivity contribution in [2.75, 3.05) is 32.6 Å². The fourth-order valence-corrected chi connectivity index (χ4v) is 3.08. The summed E-state index contributed by atoms with van der Waals surface area (Å²) in [7, 11) is -2.11. The fraction of sp³-hybridized carbons (Fsp3) is 0.500. The van der Waals surface area contributed by atoms with Crippen molar-refractivity contribution in [3.8, 4) is 0 Å². The van der Waals surface area contributed by atoms with E-state index in [0.29, 0.717) is 18.6 Å². The third-order valence-electron chi connectivity index (χ3n) is 3.74. The molecule has 0 aliphatic carbocycles. The number of methoxy groups -OCH3 is 1. The lowest BCUT2D eigenvalue weighted by atomic mass is 9.82. The third kappa shape index (κ3) is 6.81. The van der Waals surface area contributed by atoms with Gasteiger partial charge in [0.25, 0.3) is 0 Å². The molecular weight excluding hydrogens is 348 g/mol. The summed E-state index contributed by atoms with van der Waals surface area (Å²) in [6.07, 6.45) is 0.318. The largest absolute Gasteiger partial charge is 0.481 e. The summed E-state index contributed by atoms with van der Waals surface area (Å²) < 4.78 is 30.4. The van der Waals surface area contributed by atoms with Gasteiger partial charge in [-0.1, -0.05) is 30.3 Å². The van der Waals surface area contributed by atoms with Gasteiger partial charge >= 0.3 is 5.97 Å². The number of carbonyl (C=O) groups is 2. The molecule has 0 aromatic heterocycles.